The van der Waals surface area contributed by atoms with E-state index in [4.69, 9.17) is 0 Å². The number of hydrogen-bond acceptors (Lipinski definition) is 0. The van der Waals surface area contributed by atoms with Crippen LogP contribution in [0.4, 0.5) is 0 Å². The first-order valence-electron chi connectivity index (χ1n) is 13.6. The van der Waals surface area contributed by atoms with E-state index in [0.717, 1.165) is 11.8 Å². The molecule has 3 aromatic rings. The lowest BCUT2D eigenvalue weighted by Gasteiger charge is -2.30. The largest absolute Gasteiger partial charge is 0.0651 e. The smallest absolute Gasteiger partial charge is 0.0188 e. The third kappa shape index (κ3) is 7.45. The first-order valence-corrected chi connectivity index (χ1v) is 13.6. The Hall–Kier alpha value is -2.60. The van der Waals surface area contributed by atoms with Gasteiger partial charge in [0.15, 0.2) is 0 Å². The van der Waals surface area contributed by atoms with Crippen molar-refractivity contribution >= 4 is 12.2 Å². The van der Waals surface area contributed by atoms with Gasteiger partial charge in [-0.1, -0.05) is 137 Å². The zero-order chi connectivity index (χ0) is 23.6. The Morgan fingerprint density at radius 3 is 1.76 bits per heavy atom. The minimum Gasteiger partial charge on any atom is -0.0651 e. The van der Waals surface area contributed by atoms with Crippen LogP contribution in [0, 0.1) is 11.8 Å². The molecule has 0 radical (unpaired) electrons. The van der Waals surface area contributed by atoms with Crippen molar-refractivity contribution in [3.8, 4) is 0 Å². The van der Waals surface area contributed by atoms with Crippen LogP contribution in [0.5, 0.6) is 0 Å². The standard InChI is InChI=1S/C34H42/c1-3-7-28-10-12-29(13-11-28)14-15-30-16-18-31(19-17-30)20-21-32-22-24-33(25-23-32)26-27(2)34-8-5-4-6-9-34/h4-6,8-19,27,32-33H,3,7,20-26H2,1-2H3/t27-,32?,33?/m0/s1. The van der Waals surface area contributed by atoms with Crippen LogP contribution in [-0.4, -0.2) is 0 Å². The third-order valence-corrected chi connectivity index (χ3v) is 7.83. The molecule has 1 aliphatic rings. The molecule has 178 valence electrons. The molecule has 1 aliphatic carbocycles. The maximum Gasteiger partial charge on any atom is -0.0188 e. The molecule has 34 heavy (non-hydrogen) atoms. The molecule has 0 aromatic heterocycles. The molecule has 1 atom stereocenters. The number of aryl methyl sites for hydroxylation is 2. The lowest BCUT2D eigenvalue weighted by Crippen LogP contribution is -2.16. The van der Waals surface area contributed by atoms with Crippen LogP contribution in [0.3, 0.4) is 0 Å². The Morgan fingerprint density at radius 1 is 0.676 bits per heavy atom. The van der Waals surface area contributed by atoms with Crippen molar-refractivity contribution in [3.63, 3.8) is 0 Å². The topological polar surface area (TPSA) is 0 Å². The monoisotopic (exact) mass is 450 g/mol. The summed E-state index contributed by atoms with van der Waals surface area (Å²) < 4.78 is 0. The average molecular weight is 451 g/mol. The number of hydrogen-bond donors (Lipinski definition) is 0. The van der Waals surface area contributed by atoms with Gasteiger partial charge in [-0.25, -0.2) is 0 Å². The molecule has 0 nitrogen and oxygen atoms in total. The van der Waals surface area contributed by atoms with E-state index in [1.54, 1.807) is 0 Å². The van der Waals surface area contributed by atoms with Gasteiger partial charge in [-0.05, 0) is 71.3 Å². The zero-order valence-electron chi connectivity index (χ0n) is 21.3. The Labute approximate surface area is 208 Å². The van der Waals surface area contributed by atoms with Crippen molar-refractivity contribution in [2.24, 2.45) is 11.8 Å². The maximum atomic E-state index is 2.41. The molecular formula is C34H42. The van der Waals surface area contributed by atoms with E-state index in [1.165, 1.54) is 85.6 Å². The van der Waals surface area contributed by atoms with Gasteiger partial charge in [-0.15, -0.1) is 0 Å². The average Bonchev–Trinajstić information content (AvgIpc) is 2.89. The van der Waals surface area contributed by atoms with Gasteiger partial charge in [0.2, 0.25) is 0 Å². The molecule has 0 heteroatoms. The first kappa shape index (κ1) is 24.5. The lowest BCUT2D eigenvalue weighted by molar-refractivity contribution is 0.245. The molecule has 4 rings (SSSR count). The van der Waals surface area contributed by atoms with Crippen molar-refractivity contribution in [1.82, 2.24) is 0 Å². The zero-order valence-corrected chi connectivity index (χ0v) is 21.3. The summed E-state index contributed by atoms with van der Waals surface area (Å²) in [6.07, 6.45) is 16.4. The van der Waals surface area contributed by atoms with Crippen LogP contribution in [-0.2, 0) is 12.8 Å². The van der Waals surface area contributed by atoms with Crippen LogP contribution < -0.4 is 0 Å². The van der Waals surface area contributed by atoms with Gasteiger partial charge in [0, 0.05) is 0 Å². The van der Waals surface area contributed by atoms with Gasteiger partial charge in [-0.3, -0.25) is 0 Å². The Bertz CT molecular complexity index is 986. The summed E-state index contributed by atoms with van der Waals surface area (Å²) in [6.45, 7) is 4.64. The number of benzene rings is 3. The highest BCUT2D eigenvalue weighted by Gasteiger charge is 2.22. The Morgan fingerprint density at radius 2 is 1.21 bits per heavy atom. The molecule has 0 aliphatic heterocycles. The fourth-order valence-electron chi connectivity index (χ4n) is 5.62. The van der Waals surface area contributed by atoms with E-state index in [-0.39, 0.29) is 0 Å². The van der Waals surface area contributed by atoms with Crippen molar-refractivity contribution in [1.29, 1.82) is 0 Å². The fraction of sp³-hybridized carbons (Fsp3) is 0.412. The highest BCUT2D eigenvalue weighted by molar-refractivity contribution is 5.69. The molecule has 0 unspecified atom stereocenters. The van der Waals surface area contributed by atoms with E-state index in [1.807, 2.05) is 0 Å². The SMILES string of the molecule is CCCc1ccc(C=Cc2ccc(CCC3CCC(C[C@H](C)c4ccccc4)CC3)cc2)cc1. The predicted octanol–water partition coefficient (Wildman–Crippen LogP) is 9.74. The van der Waals surface area contributed by atoms with Gasteiger partial charge in [0.1, 0.15) is 0 Å². The summed E-state index contributed by atoms with van der Waals surface area (Å²) in [5.74, 6) is 2.52. The molecule has 0 amide bonds. The highest BCUT2D eigenvalue weighted by atomic mass is 14.3. The second kappa shape index (κ2) is 12.7. The summed E-state index contributed by atoms with van der Waals surface area (Å²) in [4.78, 5) is 0. The molecular weight excluding hydrogens is 408 g/mol. The van der Waals surface area contributed by atoms with Crippen molar-refractivity contribution < 1.29 is 0 Å². The first-order chi connectivity index (χ1) is 16.7. The normalized spacial score (nSPS) is 19.4. The molecule has 0 bridgehead atoms. The Kier molecular flexibility index (Phi) is 9.19. The Balaban J connectivity index is 1.18. The quantitative estimate of drug-likeness (QED) is 0.270. The predicted molar refractivity (Wildman–Crippen MR) is 149 cm³/mol. The van der Waals surface area contributed by atoms with Gasteiger partial charge < -0.3 is 0 Å². The van der Waals surface area contributed by atoms with Crippen LogP contribution in [0.25, 0.3) is 12.2 Å². The molecule has 0 N–H and O–H groups in total. The van der Waals surface area contributed by atoms with Gasteiger partial charge in [0.05, 0.1) is 0 Å². The molecule has 0 heterocycles. The van der Waals surface area contributed by atoms with E-state index < -0.39 is 0 Å². The van der Waals surface area contributed by atoms with Crippen LogP contribution >= 0.6 is 0 Å². The minimum absolute atomic E-state index is 0.690. The number of rotatable bonds is 10. The van der Waals surface area contributed by atoms with Gasteiger partial charge in [-0.2, -0.15) is 0 Å². The van der Waals surface area contributed by atoms with Crippen LogP contribution in [0.2, 0.25) is 0 Å². The molecule has 0 spiro atoms. The summed E-state index contributed by atoms with van der Waals surface area (Å²) in [6, 6.07) is 29.2. The van der Waals surface area contributed by atoms with Crippen molar-refractivity contribution in [2.45, 2.75) is 77.6 Å². The highest BCUT2D eigenvalue weighted by Crippen LogP contribution is 2.37. The molecule has 3 aromatic carbocycles. The second-order valence-corrected chi connectivity index (χ2v) is 10.5. The van der Waals surface area contributed by atoms with Crippen molar-refractivity contribution in [3.05, 3.63) is 107 Å². The van der Waals surface area contributed by atoms with E-state index in [0.29, 0.717) is 5.92 Å². The van der Waals surface area contributed by atoms with Gasteiger partial charge in [0.25, 0.3) is 0 Å². The third-order valence-electron chi connectivity index (χ3n) is 7.83. The van der Waals surface area contributed by atoms with E-state index >= 15 is 0 Å². The summed E-state index contributed by atoms with van der Waals surface area (Å²) in [5, 5.41) is 0. The van der Waals surface area contributed by atoms with Gasteiger partial charge >= 0.3 is 0 Å². The van der Waals surface area contributed by atoms with Crippen molar-refractivity contribution in [2.75, 3.05) is 0 Å². The van der Waals surface area contributed by atoms with Crippen LogP contribution in [0.1, 0.15) is 92.5 Å². The summed E-state index contributed by atoms with van der Waals surface area (Å²) in [7, 11) is 0. The fourth-order valence-corrected chi connectivity index (χ4v) is 5.62. The second-order valence-electron chi connectivity index (χ2n) is 10.5. The maximum absolute atomic E-state index is 2.41. The summed E-state index contributed by atoms with van der Waals surface area (Å²) in [5.41, 5.74) is 6.99. The minimum atomic E-state index is 0.690. The summed E-state index contributed by atoms with van der Waals surface area (Å²) >= 11 is 0. The van der Waals surface area contributed by atoms with E-state index in [2.05, 4.69) is 105 Å². The molecule has 1 saturated carbocycles. The molecule has 0 saturated heterocycles. The van der Waals surface area contributed by atoms with E-state index in [9.17, 15) is 0 Å². The van der Waals surface area contributed by atoms with Crippen LogP contribution in [0.15, 0.2) is 78.9 Å². The molecule has 1 fully saturated rings. The lowest BCUT2D eigenvalue weighted by atomic mass is 9.76.